The van der Waals surface area contributed by atoms with Gasteiger partial charge in [0.25, 0.3) is 5.91 Å². The number of nitrogens with one attached hydrogen (secondary N) is 1. The number of rotatable bonds is 5. The minimum Gasteiger partial charge on any atom is -0.349 e. The molecule has 0 spiro atoms. The first-order valence-electron chi connectivity index (χ1n) is 7.02. The number of aromatic nitrogens is 3. The van der Waals surface area contributed by atoms with Gasteiger partial charge in [0.15, 0.2) is 5.69 Å². The second kappa shape index (κ2) is 6.65. The number of nitrogens with zero attached hydrogens (tertiary/aromatic N) is 4. The third-order valence-electron chi connectivity index (χ3n) is 3.42. The average Bonchev–Trinajstić information content (AvgIpc) is 2.83. The number of benzene rings is 1. The Morgan fingerprint density at radius 1 is 1.36 bits per heavy atom. The molecule has 1 N–H and O–H groups in total. The number of likely N-dealkylation sites (N-methyl/N-ethyl adjacent to an activating group) is 1. The maximum Gasteiger partial charge on any atom is 0.273 e. The number of hydrogen-bond acceptors (Lipinski definition) is 4. The highest BCUT2D eigenvalue weighted by Crippen LogP contribution is 2.18. The highest BCUT2D eigenvalue weighted by molar-refractivity contribution is 5.93. The molecule has 0 atom stereocenters. The summed E-state index contributed by atoms with van der Waals surface area (Å²) in [6.07, 6.45) is 0. The van der Waals surface area contributed by atoms with E-state index < -0.39 is 0 Å². The summed E-state index contributed by atoms with van der Waals surface area (Å²) in [5.41, 5.74) is 1.88. The zero-order chi connectivity index (χ0) is 16.3. The number of carbonyl (C=O) groups excluding carboxylic acids is 1. The van der Waals surface area contributed by atoms with E-state index >= 15 is 0 Å². The lowest BCUT2D eigenvalue weighted by atomic mass is 10.2. The van der Waals surface area contributed by atoms with E-state index in [1.54, 1.807) is 26.0 Å². The Hall–Kier alpha value is -2.28. The highest BCUT2D eigenvalue weighted by atomic mass is 19.1. The summed E-state index contributed by atoms with van der Waals surface area (Å²) < 4.78 is 15.1. The van der Waals surface area contributed by atoms with Gasteiger partial charge in [-0.1, -0.05) is 11.3 Å². The Morgan fingerprint density at radius 3 is 2.77 bits per heavy atom. The van der Waals surface area contributed by atoms with Crippen LogP contribution in [-0.4, -0.2) is 53.0 Å². The van der Waals surface area contributed by atoms with Gasteiger partial charge in [0.1, 0.15) is 5.82 Å². The zero-order valence-electron chi connectivity index (χ0n) is 13.2. The van der Waals surface area contributed by atoms with Gasteiger partial charge in [-0.25, -0.2) is 9.07 Å². The minimum atomic E-state index is -0.315. The largest absolute Gasteiger partial charge is 0.349 e. The molecule has 22 heavy (non-hydrogen) atoms. The van der Waals surface area contributed by atoms with Crippen molar-refractivity contribution < 1.29 is 9.18 Å². The van der Waals surface area contributed by atoms with Gasteiger partial charge in [0, 0.05) is 18.7 Å². The molecule has 0 aliphatic rings. The molecule has 0 radical (unpaired) electrons. The third-order valence-corrected chi connectivity index (χ3v) is 3.42. The molecule has 118 valence electrons. The SMILES string of the molecule is Cc1c(F)cccc1-n1nnc(C(=O)NCCN(C)C)c1C. The van der Waals surface area contributed by atoms with E-state index in [2.05, 4.69) is 15.6 Å². The second-order valence-corrected chi connectivity index (χ2v) is 5.38. The molecule has 6 nitrogen and oxygen atoms in total. The van der Waals surface area contributed by atoms with E-state index in [4.69, 9.17) is 0 Å². The van der Waals surface area contributed by atoms with Crippen LogP contribution < -0.4 is 5.32 Å². The number of amides is 1. The fourth-order valence-electron chi connectivity index (χ4n) is 2.07. The second-order valence-electron chi connectivity index (χ2n) is 5.38. The zero-order valence-corrected chi connectivity index (χ0v) is 13.2. The summed E-state index contributed by atoms with van der Waals surface area (Å²) in [4.78, 5) is 14.1. The standard InChI is InChI=1S/C15H20FN5O/c1-10-12(16)6-5-7-13(10)21-11(2)14(18-19-21)15(22)17-8-9-20(3)4/h5-7H,8-9H2,1-4H3,(H,17,22). The molecule has 0 bridgehead atoms. The first-order valence-corrected chi connectivity index (χ1v) is 7.02. The summed E-state index contributed by atoms with van der Waals surface area (Å²) in [6.45, 7) is 4.67. The fourth-order valence-corrected chi connectivity index (χ4v) is 2.07. The molecular formula is C15H20FN5O. The fraction of sp³-hybridized carbons (Fsp3) is 0.400. The van der Waals surface area contributed by atoms with E-state index in [9.17, 15) is 9.18 Å². The lowest BCUT2D eigenvalue weighted by molar-refractivity contribution is 0.0945. The first kappa shape index (κ1) is 16.1. The van der Waals surface area contributed by atoms with Gasteiger partial charge in [-0.15, -0.1) is 5.10 Å². The van der Waals surface area contributed by atoms with Gasteiger partial charge >= 0.3 is 0 Å². The monoisotopic (exact) mass is 305 g/mol. The molecular weight excluding hydrogens is 285 g/mol. The summed E-state index contributed by atoms with van der Waals surface area (Å²) >= 11 is 0. The van der Waals surface area contributed by atoms with Crippen LogP contribution in [-0.2, 0) is 0 Å². The Kier molecular flexibility index (Phi) is 4.87. The van der Waals surface area contributed by atoms with Crippen LogP contribution in [0.15, 0.2) is 18.2 Å². The molecule has 0 saturated heterocycles. The van der Waals surface area contributed by atoms with Crippen LogP contribution >= 0.6 is 0 Å². The van der Waals surface area contributed by atoms with E-state index in [-0.39, 0.29) is 17.4 Å². The molecule has 7 heteroatoms. The smallest absolute Gasteiger partial charge is 0.273 e. The molecule has 0 saturated carbocycles. The van der Waals surface area contributed by atoms with Crippen LogP contribution in [0.4, 0.5) is 4.39 Å². The van der Waals surface area contributed by atoms with Crippen LogP contribution in [0.5, 0.6) is 0 Å². The van der Waals surface area contributed by atoms with Crippen molar-refractivity contribution in [1.82, 2.24) is 25.2 Å². The van der Waals surface area contributed by atoms with Crippen molar-refractivity contribution in [3.63, 3.8) is 0 Å². The number of hydrogen-bond donors (Lipinski definition) is 1. The van der Waals surface area contributed by atoms with Crippen molar-refractivity contribution in [2.75, 3.05) is 27.2 Å². The van der Waals surface area contributed by atoms with E-state index in [0.29, 0.717) is 23.5 Å². The predicted octanol–water partition coefficient (Wildman–Crippen LogP) is 1.31. The molecule has 1 aromatic carbocycles. The Labute approximate surface area is 128 Å². The molecule has 1 amide bonds. The number of carbonyl (C=O) groups is 1. The molecule has 0 aliphatic carbocycles. The molecule has 2 rings (SSSR count). The van der Waals surface area contributed by atoms with Crippen molar-refractivity contribution in [2.45, 2.75) is 13.8 Å². The summed E-state index contributed by atoms with van der Waals surface area (Å²) in [5, 5.41) is 10.7. The molecule has 0 aliphatic heterocycles. The van der Waals surface area contributed by atoms with Crippen molar-refractivity contribution >= 4 is 5.91 Å². The predicted molar refractivity (Wildman–Crippen MR) is 81.7 cm³/mol. The van der Waals surface area contributed by atoms with Crippen LogP contribution in [0.25, 0.3) is 5.69 Å². The molecule has 1 aromatic heterocycles. The van der Waals surface area contributed by atoms with Crippen LogP contribution in [0.3, 0.4) is 0 Å². The minimum absolute atomic E-state index is 0.252. The van der Waals surface area contributed by atoms with Gasteiger partial charge in [0.2, 0.25) is 0 Å². The van der Waals surface area contributed by atoms with Crippen LogP contribution in [0.2, 0.25) is 0 Å². The topological polar surface area (TPSA) is 63.1 Å². The van der Waals surface area contributed by atoms with E-state index in [0.717, 1.165) is 6.54 Å². The molecule has 0 unspecified atom stereocenters. The Bertz CT molecular complexity index is 681. The van der Waals surface area contributed by atoms with Crippen LogP contribution in [0.1, 0.15) is 21.7 Å². The lowest BCUT2D eigenvalue weighted by Gasteiger charge is -2.10. The van der Waals surface area contributed by atoms with Crippen molar-refractivity contribution in [2.24, 2.45) is 0 Å². The summed E-state index contributed by atoms with van der Waals surface area (Å²) in [6, 6.07) is 4.74. The molecule has 0 fully saturated rings. The maximum absolute atomic E-state index is 13.7. The van der Waals surface area contributed by atoms with Gasteiger partial charge < -0.3 is 10.2 Å². The van der Waals surface area contributed by atoms with E-state index in [1.807, 2.05) is 19.0 Å². The van der Waals surface area contributed by atoms with Crippen molar-refractivity contribution in [1.29, 1.82) is 0 Å². The van der Waals surface area contributed by atoms with Crippen molar-refractivity contribution in [3.05, 3.63) is 41.0 Å². The van der Waals surface area contributed by atoms with Gasteiger partial charge in [-0.2, -0.15) is 0 Å². The lowest BCUT2D eigenvalue weighted by Crippen LogP contribution is -2.31. The Balaban J connectivity index is 2.22. The average molecular weight is 305 g/mol. The van der Waals surface area contributed by atoms with Gasteiger partial charge in [-0.3, -0.25) is 4.79 Å². The van der Waals surface area contributed by atoms with Crippen LogP contribution in [0, 0.1) is 19.7 Å². The molecule has 2 aromatic rings. The Morgan fingerprint density at radius 2 is 2.09 bits per heavy atom. The van der Waals surface area contributed by atoms with E-state index in [1.165, 1.54) is 10.7 Å². The third kappa shape index (κ3) is 3.30. The maximum atomic E-state index is 13.7. The quantitative estimate of drug-likeness (QED) is 0.905. The van der Waals surface area contributed by atoms with Gasteiger partial charge in [-0.05, 0) is 40.1 Å². The summed E-state index contributed by atoms with van der Waals surface area (Å²) in [7, 11) is 3.86. The molecule has 1 heterocycles. The highest BCUT2D eigenvalue weighted by Gasteiger charge is 2.18. The summed E-state index contributed by atoms with van der Waals surface area (Å²) in [5.74, 6) is -0.593. The number of halogens is 1. The first-order chi connectivity index (χ1) is 10.4. The van der Waals surface area contributed by atoms with Crippen molar-refractivity contribution in [3.8, 4) is 5.69 Å². The normalized spacial score (nSPS) is 11.0. The van der Waals surface area contributed by atoms with Gasteiger partial charge in [0.05, 0.1) is 11.4 Å².